The summed E-state index contributed by atoms with van der Waals surface area (Å²) in [6, 6.07) is 69.8. The van der Waals surface area contributed by atoms with E-state index in [1.54, 1.807) is 0 Å². The molecule has 12 rings (SSSR count). The summed E-state index contributed by atoms with van der Waals surface area (Å²) in [5.74, 6) is 0. The molecule has 1 spiro atoms. The number of rotatable bonds is 3. The van der Waals surface area contributed by atoms with Gasteiger partial charge in [-0.05, 0) is 110 Å². The number of hydrogen-bond acceptors (Lipinski definition) is 0. The number of hydrogen-bond donors (Lipinski definition) is 0. The SMILES string of the molecule is c1ccc(-n2ccc3cc4c5ccccc5n(-c5cccc(-c6ccc7c(c6)C6(c8ccccc8-c8ccccc86)c6ccccc6-7)c5)c4cc32)cc1. The normalized spacial score (nSPS) is 13.4. The average molecular weight is 673 g/mol. The third-order valence-corrected chi connectivity index (χ3v) is 12.0. The van der Waals surface area contributed by atoms with Crippen LogP contribution < -0.4 is 0 Å². The van der Waals surface area contributed by atoms with Gasteiger partial charge in [0.05, 0.1) is 22.0 Å². The van der Waals surface area contributed by atoms with Gasteiger partial charge in [0.25, 0.3) is 0 Å². The van der Waals surface area contributed by atoms with E-state index in [0.29, 0.717) is 0 Å². The first kappa shape index (κ1) is 28.8. The molecule has 0 saturated carbocycles. The molecule has 0 radical (unpaired) electrons. The highest BCUT2D eigenvalue weighted by Crippen LogP contribution is 2.63. The monoisotopic (exact) mass is 672 g/mol. The minimum atomic E-state index is -0.362. The summed E-state index contributed by atoms with van der Waals surface area (Å²) in [4.78, 5) is 0. The van der Waals surface area contributed by atoms with Crippen LogP contribution in [0.15, 0.2) is 194 Å². The zero-order valence-corrected chi connectivity index (χ0v) is 28.9. The van der Waals surface area contributed by atoms with Crippen LogP contribution in [-0.4, -0.2) is 9.13 Å². The highest BCUT2D eigenvalue weighted by molar-refractivity contribution is 6.13. The van der Waals surface area contributed by atoms with E-state index >= 15 is 0 Å². The van der Waals surface area contributed by atoms with E-state index in [-0.39, 0.29) is 5.41 Å². The fourth-order valence-electron chi connectivity index (χ4n) is 9.79. The van der Waals surface area contributed by atoms with Crippen LogP contribution in [-0.2, 0) is 5.41 Å². The van der Waals surface area contributed by atoms with Crippen LogP contribution >= 0.6 is 0 Å². The van der Waals surface area contributed by atoms with Crippen LogP contribution in [0.4, 0.5) is 0 Å². The maximum absolute atomic E-state index is 2.48. The van der Waals surface area contributed by atoms with Gasteiger partial charge in [0, 0.05) is 33.7 Å². The summed E-state index contributed by atoms with van der Waals surface area (Å²) in [5, 5.41) is 3.76. The molecule has 8 aromatic carbocycles. The largest absolute Gasteiger partial charge is 0.316 e. The molecule has 0 aliphatic heterocycles. The first-order valence-electron chi connectivity index (χ1n) is 18.4. The van der Waals surface area contributed by atoms with Crippen molar-refractivity contribution < 1.29 is 0 Å². The van der Waals surface area contributed by atoms with Crippen molar-refractivity contribution in [3.8, 4) is 44.8 Å². The molecular weight excluding hydrogens is 641 g/mol. The first-order chi connectivity index (χ1) is 26.3. The summed E-state index contributed by atoms with van der Waals surface area (Å²) in [6.07, 6.45) is 2.19. The average Bonchev–Trinajstić information content (AvgIpc) is 3.96. The van der Waals surface area contributed by atoms with Gasteiger partial charge in [0.15, 0.2) is 0 Å². The lowest BCUT2D eigenvalue weighted by molar-refractivity contribution is 0.794. The van der Waals surface area contributed by atoms with Gasteiger partial charge in [0.1, 0.15) is 0 Å². The van der Waals surface area contributed by atoms with Crippen molar-refractivity contribution in [2.75, 3.05) is 0 Å². The third-order valence-electron chi connectivity index (χ3n) is 12.0. The lowest BCUT2D eigenvalue weighted by Gasteiger charge is -2.30. The highest BCUT2D eigenvalue weighted by atomic mass is 15.0. The number of benzene rings is 8. The number of fused-ring (bicyclic) bond motifs is 14. The number of nitrogens with zero attached hydrogens (tertiary/aromatic N) is 2. The van der Waals surface area contributed by atoms with Crippen molar-refractivity contribution >= 4 is 32.7 Å². The second-order valence-corrected chi connectivity index (χ2v) is 14.5. The van der Waals surface area contributed by atoms with E-state index in [9.17, 15) is 0 Å². The standard InChI is InChI=1S/C51H32N2/c1-2-14-36(15-3-1)52-28-27-35-30-43-42-20-7-11-24-48(42)53(50(43)32-49(35)52)37-16-12-13-33(29-37)34-25-26-41-40-19-6-10-23-46(40)51(47(41)31-34)44-21-8-4-17-38(44)39-18-5-9-22-45(39)51/h1-32H. The van der Waals surface area contributed by atoms with E-state index < -0.39 is 0 Å². The van der Waals surface area contributed by atoms with E-state index in [2.05, 4.69) is 203 Å². The van der Waals surface area contributed by atoms with Gasteiger partial charge >= 0.3 is 0 Å². The number of aromatic nitrogens is 2. The van der Waals surface area contributed by atoms with Crippen molar-refractivity contribution in [1.82, 2.24) is 9.13 Å². The fraction of sp³-hybridized carbons (Fsp3) is 0.0196. The molecule has 0 fully saturated rings. The van der Waals surface area contributed by atoms with Gasteiger partial charge in [-0.3, -0.25) is 0 Å². The van der Waals surface area contributed by atoms with E-state index in [1.807, 2.05) is 0 Å². The Bertz CT molecular complexity index is 3060. The Morgan fingerprint density at radius 3 is 1.68 bits per heavy atom. The number of para-hydroxylation sites is 2. The van der Waals surface area contributed by atoms with Crippen molar-refractivity contribution in [2.24, 2.45) is 0 Å². The van der Waals surface area contributed by atoms with E-state index in [1.165, 1.54) is 88.3 Å². The van der Waals surface area contributed by atoms with Crippen LogP contribution in [0.5, 0.6) is 0 Å². The van der Waals surface area contributed by atoms with Crippen LogP contribution in [0.25, 0.3) is 77.5 Å². The molecule has 53 heavy (non-hydrogen) atoms. The van der Waals surface area contributed by atoms with E-state index in [4.69, 9.17) is 0 Å². The van der Waals surface area contributed by atoms with Crippen molar-refractivity contribution in [3.05, 3.63) is 217 Å². The van der Waals surface area contributed by atoms with Crippen LogP contribution in [0.2, 0.25) is 0 Å². The van der Waals surface area contributed by atoms with E-state index in [0.717, 1.165) is 11.4 Å². The molecule has 0 bridgehead atoms. The topological polar surface area (TPSA) is 9.86 Å². The predicted octanol–water partition coefficient (Wildman–Crippen LogP) is 12.7. The van der Waals surface area contributed by atoms with Gasteiger partial charge in [-0.1, -0.05) is 133 Å². The smallest absolute Gasteiger partial charge is 0.0725 e. The molecule has 0 atom stereocenters. The second kappa shape index (κ2) is 10.6. The summed E-state index contributed by atoms with van der Waals surface area (Å²) in [5.41, 5.74) is 18.8. The molecule has 0 N–H and O–H groups in total. The van der Waals surface area contributed by atoms with Gasteiger partial charge in [-0.25, -0.2) is 0 Å². The molecule has 2 aliphatic rings. The fourth-order valence-corrected chi connectivity index (χ4v) is 9.79. The lowest BCUT2D eigenvalue weighted by Crippen LogP contribution is -2.25. The third kappa shape index (κ3) is 3.77. The second-order valence-electron chi connectivity index (χ2n) is 14.5. The molecule has 0 amide bonds. The molecule has 0 unspecified atom stereocenters. The minimum absolute atomic E-state index is 0.362. The van der Waals surface area contributed by atoms with Crippen LogP contribution in [0.3, 0.4) is 0 Å². The van der Waals surface area contributed by atoms with Gasteiger partial charge in [0.2, 0.25) is 0 Å². The molecule has 2 aromatic heterocycles. The maximum Gasteiger partial charge on any atom is 0.0725 e. The highest BCUT2D eigenvalue weighted by Gasteiger charge is 2.51. The molecule has 0 saturated heterocycles. The molecule has 2 aliphatic carbocycles. The maximum atomic E-state index is 2.48. The minimum Gasteiger partial charge on any atom is -0.316 e. The van der Waals surface area contributed by atoms with Crippen LogP contribution in [0, 0.1) is 0 Å². The summed E-state index contributed by atoms with van der Waals surface area (Å²) >= 11 is 0. The Hall–Kier alpha value is -6.90. The van der Waals surface area contributed by atoms with Crippen molar-refractivity contribution in [2.45, 2.75) is 5.41 Å². The summed E-state index contributed by atoms with van der Waals surface area (Å²) in [6.45, 7) is 0. The quantitative estimate of drug-likeness (QED) is 0.177. The van der Waals surface area contributed by atoms with Crippen molar-refractivity contribution in [1.29, 1.82) is 0 Å². The Morgan fingerprint density at radius 1 is 0.340 bits per heavy atom. The predicted molar refractivity (Wildman–Crippen MR) is 219 cm³/mol. The molecule has 2 nitrogen and oxygen atoms in total. The summed E-state index contributed by atoms with van der Waals surface area (Å²) < 4.78 is 4.75. The molecular formula is C51H32N2. The Morgan fingerprint density at radius 2 is 0.943 bits per heavy atom. The van der Waals surface area contributed by atoms with Gasteiger partial charge in [-0.2, -0.15) is 0 Å². The summed E-state index contributed by atoms with van der Waals surface area (Å²) in [7, 11) is 0. The van der Waals surface area contributed by atoms with Gasteiger partial charge < -0.3 is 9.13 Å². The molecule has 2 heterocycles. The first-order valence-corrected chi connectivity index (χ1v) is 18.4. The Kier molecular flexibility index (Phi) is 5.73. The Labute approximate surface area is 307 Å². The van der Waals surface area contributed by atoms with Gasteiger partial charge in [-0.15, -0.1) is 0 Å². The van der Waals surface area contributed by atoms with Crippen LogP contribution in [0.1, 0.15) is 22.3 Å². The molecule has 246 valence electrons. The molecule has 10 aromatic rings. The lowest BCUT2D eigenvalue weighted by atomic mass is 9.70. The zero-order chi connectivity index (χ0) is 34.7. The molecule has 2 heteroatoms. The Balaban J connectivity index is 1.08. The van der Waals surface area contributed by atoms with Crippen molar-refractivity contribution in [3.63, 3.8) is 0 Å². The zero-order valence-electron chi connectivity index (χ0n) is 28.9.